The van der Waals surface area contributed by atoms with Crippen LogP contribution in [-0.2, 0) is 5.54 Å². The lowest BCUT2D eigenvalue weighted by molar-refractivity contribution is 0.747. The van der Waals surface area contributed by atoms with Gasteiger partial charge in [0.1, 0.15) is 0 Å². The van der Waals surface area contributed by atoms with E-state index in [1.54, 1.807) is 0 Å². The predicted molar refractivity (Wildman–Crippen MR) is 61.1 cm³/mol. The average Bonchev–Trinajstić information content (AvgIpc) is 2.77. The number of hydrogen-bond acceptors (Lipinski definition) is 1. The van der Waals surface area contributed by atoms with E-state index >= 15 is 0 Å². The number of nitrogens with one attached hydrogen (secondary N) is 1. The van der Waals surface area contributed by atoms with Gasteiger partial charge in [-0.2, -0.15) is 0 Å². The Hall–Kier alpha value is -0.800. The molecule has 1 aliphatic rings. The van der Waals surface area contributed by atoms with Crippen molar-refractivity contribution in [1.29, 1.82) is 0 Å². The smallest absolute Gasteiger partial charge is 0.0468 e. The van der Waals surface area contributed by atoms with Gasteiger partial charge in [0.2, 0.25) is 0 Å². The molecule has 0 radical (unpaired) electrons. The highest BCUT2D eigenvalue weighted by molar-refractivity contribution is 9.10. The first kappa shape index (κ1) is 8.50. The quantitative estimate of drug-likeness (QED) is 0.803. The summed E-state index contributed by atoms with van der Waals surface area (Å²) in [5.41, 5.74) is 8.55. The molecule has 2 nitrogen and oxygen atoms in total. The first-order chi connectivity index (χ1) is 6.71. The van der Waals surface area contributed by atoms with Crippen LogP contribution >= 0.6 is 15.9 Å². The predicted octanol–water partition coefficient (Wildman–Crippen LogP) is 2.88. The van der Waals surface area contributed by atoms with Crippen LogP contribution in [0.25, 0.3) is 10.9 Å². The molecular formula is C11H11BrN2. The molecule has 0 amide bonds. The molecule has 1 aromatic carbocycles. The summed E-state index contributed by atoms with van der Waals surface area (Å²) in [6.07, 6.45) is 4.24. The third kappa shape index (κ3) is 1.06. The van der Waals surface area contributed by atoms with Gasteiger partial charge in [-0.3, -0.25) is 0 Å². The summed E-state index contributed by atoms with van der Waals surface area (Å²) in [4.78, 5) is 3.27. The Labute approximate surface area is 90.6 Å². The van der Waals surface area contributed by atoms with Crippen molar-refractivity contribution in [1.82, 2.24) is 4.98 Å². The highest BCUT2D eigenvalue weighted by atomic mass is 79.9. The molecule has 3 heteroatoms. The molecule has 1 fully saturated rings. The minimum Gasteiger partial charge on any atom is -0.361 e. The number of benzene rings is 1. The number of nitrogens with two attached hydrogens (primary N) is 1. The fourth-order valence-electron chi connectivity index (χ4n) is 1.94. The minimum atomic E-state index is -0.0673. The minimum absolute atomic E-state index is 0.0673. The zero-order valence-electron chi connectivity index (χ0n) is 7.68. The summed E-state index contributed by atoms with van der Waals surface area (Å²) in [6, 6.07) is 6.17. The van der Waals surface area contributed by atoms with Crippen molar-refractivity contribution in [3.63, 3.8) is 0 Å². The van der Waals surface area contributed by atoms with Gasteiger partial charge in [-0.15, -0.1) is 0 Å². The van der Waals surface area contributed by atoms with E-state index in [2.05, 4.69) is 33.0 Å². The number of aromatic nitrogens is 1. The Kier molecular flexibility index (Phi) is 1.59. The molecular weight excluding hydrogens is 240 g/mol. The maximum Gasteiger partial charge on any atom is 0.0468 e. The average molecular weight is 251 g/mol. The molecule has 0 atom stereocenters. The third-order valence-electron chi connectivity index (χ3n) is 2.98. The fraction of sp³-hybridized carbons (Fsp3) is 0.273. The van der Waals surface area contributed by atoms with Gasteiger partial charge < -0.3 is 10.7 Å². The van der Waals surface area contributed by atoms with Crippen molar-refractivity contribution in [2.75, 3.05) is 0 Å². The summed E-state index contributed by atoms with van der Waals surface area (Å²) >= 11 is 3.57. The molecule has 3 N–H and O–H groups in total. The van der Waals surface area contributed by atoms with Gasteiger partial charge in [0.25, 0.3) is 0 Å². The second-order valence-electron chi connectivity index (χ2n) is 4.02. The fourth-order valence-corrected chi connectivity index (χ4v) is 2.52. The number of hydrogen-bond donors (Lipinski definition) is 2. The van der Waals surface area contributed by atoms with E-state index in [9.17, 15) is 0 Å². The van der Waals surface area contributed by atoms with Crippen LogP contribution < -0.4 is 5.73 Å². The topological polar surface area (TPSA) is 41.8 Å². The number of fused-ring (bicyclic) bond motifs is 1. The summed E-state index contributed by atoms with van der Waals surface area (Å²) < 4.78 is 1.13. The maximum atomic E-state index is 6.21. The van der Waals surface area contributed by atoms with Crippen molar-refractivity contribution >= 4 is 26.8 Å². The number of H-pyrrole nitrogens is 1. The highest BCUT2D eigenvalue weighted by Gasteiger charge is 2.41. The van der Waals surface area contributed by atoms with Crippen molar-refractivity contribution in [3.8, 4) is 0 Å². The molecule has 1 heterocycles. The van der Waals surface area contributed by atoms with Crippen LogP contribution in [0.15, 0.2) is 28.9 Å². The molecule has 72 valence electrons. The second kappa shape index (κ2) is 2.61. The normalized spacial score (nSPS) is 18.7. The SMILES string of the molecule is NC1(c2c[nH]c3cccc(Br)c23)CC1. The summed E-state index contributed by atoms with van der Waals surface area (Å²) in [6.45, 7) is 0. The van der Waals surface area contributed by atoms with E-state index in [4.69, 9.17) is 5.73 Å². The Morgan fingerprint density at radius 2 is 2.14 bits per heavy atom. The van der Waals surface area contributed by atoms with E-state index in [0.29, 0.717) is 0 Å². The molecule has 1 aromatic heterocycles. The molecule has 2 aromatic rings. The van der Waals surface area contributed by atoms with Gasteiger partial charge in [-0.1, -0.05) is 22.0 Å². The summed E-state index contributed by atoms with van der Waals surface area (Å²) in [5, 5.41) is 1.24. The van der Waals surface area contributed by atoms with Crippen LogP contribution in [0.3, 0.4) is 0 Å². The molecule has 3 rings (SSSR count). The third-order valence-corrected chi connectivity index (χ3v) is 3.64. The number of rotatable bonds is 1. The van der Waals surface area contributed by atoms with Crippen LogP contribution in [-0.4, -0.2) is 4.98 Å². The lowest BCUT2D eigenvalue weighted by Gasteiger charge is -2.07. The lowest BCUT2D eigenvalue weighted by Crippen LogP contribution is -2.18. The Morgan fingerprint density at radius 1 is 1.36 bits per heavy atom. The van der Waals surface area contributed by atoms with Crippen LogP contribution in [0.5, 0.6) is 0 Å². The summed E-state index contributed by atoms with van der Waals surface area (Å²) in [5.74, 6) is 0. The van der Waals surface area contributed by atoms with E-state index < -0.39 is 0 Å². The molecule has 0 aliphatic heterocycles. The van der Waals surface area contributed by atoms with Crippen molar-refractivity contribution < 1.29 is 0 Å². The van der Waals surface area contributed by atoms with E-state index in [-0.39, 0.29) is 5.54 Å². The van der Waals surface area contributed by atoms with Crippen molar-refractivity contribution in [2.45, 2.75) is 18.4 Å². The molecule has 0 bridgehead atoms. The standard InChI is InChI=1S/C11H11BrN2/c12-8-2-1-3-9-10(8)7(6-14-9)11(13)4-5-11/h1-3,6,14H,4-5,13H2. The molecule has 1 aliphatic carbocycles. The van der Waals surface area contributed by atoms with Gasteiger partial charge >= 0.3 is 0 Å². The maximum absolute atomic E-state index is 6.21. The first-order valence-corrected chi connectivity index (χ1v) is 5.55. The molecule has 0 saturated heterocycles. The Balaban J connectivity index is 2.35. The van der Waals surface area contributed by atoms with Crippen LogP contribution in [0.1, 0.15) is 18.4 Å². The van der Waals surface area contributed by atoms with Crippen molar-refractivity contribution in [2.24, 2.45) is 5.73 Å². The first-order valence-electron chi connectivity index (χ1n) is 4.76. The van der Waals surface area contributed by atoms with Gasteiger partial charge in [0, 0.05) is 27.1 Å². The molecule has 1 saturated carbocycles. The van der Waals surface area contributed by atoms with Crippen LogP contribution in [0, 0.1) is 0 Å². The van der Waals surface area contributed by atoms with Crippen LogP contribution in [0.4, 0.5) is 0 Å². The molecule has 0 spiro atoms. The molecule has 14 heavy (non-hydrogen) atoms. The number of aromatic amines is 1. The Morgan fingerprint density at radius 3 is 2.86 bits per heavy atom. The van der Waals surface area contributed by atoms with Crippen molar-refractivity contribution in [3.05, 3.63) is 34.4 Å². The van der Waals surface area contributed by atoms with Gasteiger partial charge in [0.05, 0.1) is 0 Å². The lowest BCUT2D eigenvalue weighted by atomic mass is 10.1. The van der Waals surface area contributed by atoms with Crippen LogP contribution in [0.2, 0.25) is 0 Å². The van der Waals surface area contributed by atoms with Gasteiger partial charge in [-0.05, 0) is 30.5 Å². The zero-order valence-corrected chi connectivity index (χ0v) is 9.26. The second-order valence-corrected chi connectivity index (χ2v) is 4.88. The Bertz CT molecular complexity index is 497. The van der Waals surface area contributed by atoms with E-state index in [0.717, 1.165) is 22.8 Å². The van der Waals surface area contributed by atoms with E-state index in [1.807, 2.05) is 12.3 Å². The highest BCUT2D eigenvalue weighted by Crippen LogP contribution is 2.46. The zero-order chi connectivity index (χ0) is 9.76. The number of halogens is 1. The monoisotopic (exact) mass is 250 g/mol. The largest absolute Gasteiger partial charge is 0.361 e. The summed E-state index contributed by atoms with van der Waals surface area (Å²) in [7, 11) is 0. The molecule has 0 unspecified atom stereocenters. The van der Waals surface area contributed by atoms with Gasteiger partial charge in [0.15, 0.2) is 0 Å². The van der Waals surface area contributed by atoms with E-state index in [1.165, 1.54) is 10.9 Å². The van der Waals surface area contributed by atoms with Gasteiger partial charge in [-0.25, -0.2) is 0 Å².